The van der Waals surface area contributed by atoms with Gasteiger partial charge in [-0.15, -0.1) is 0 Å². The van der Waals surface area contributed by atoms with E-state index in [1.54, 1.807) is 23.8 Å². The smallest absolute Gasteiger partial charge is 0.229 e. The minimum absolute atomic E-state index is 0.0379. The number of aryl methyl sites for hydroxylation is 2. The summed E-state index contributed by atoms with van der Waals surface area (Å²) >= 11 is 1.56. The van der Waals surface area contributed by atoms with Gasteiger partial charge in [0.25, 0.3) is 0 Å². The maximum Gasteiger partial charge on any atom is 0.229 e. The number of rotatable bonds is 3. The van der Waals surface area contributed by atoms with Crippen molar-refractivity contribution in [2.24, 2.45) is 0 Å². The van der Waals surface area contributed by atoms with E-state index in [0.717, 1.165) is 16.3 Å². The first-order valence-electron chi connectivity index (χ1n) is 9.56. The molecular formula is C23H23N3O2S. The van der Waals surface area contributed by atoms with E-state index in [0.29, 0.717) is 23.9 Å². The van der Waals surface area contributed by atoms with Crippen LogP contribution in [0.3, 0.4) is 0 Å². The highest BCUT2D eigenvalue weighted by Crippen LogP contribution is 2.45. The number of allylic oxidation sites excluding steroid dienone is 1. The standard InChI is InChI=1S/C23H23N3O2S/c1-15-8-9-17(10-16(15)2)25-13-26-22(27)11-19(20(12-24)23(26)29-14-25)18-6-4-5-7-21(18)28-3/h4-10,19H,11,13-14H2,1-3H3/t19-/m0/s1. The van der Waals surface area contributed by atoms with Crippen molar-refractivity contribution in [3.05, 3.63) is 69.8 Å². The highest BCUT2D eigenvalue weighted by atomic mass is 32.2. The second kappa shape index (κ2) is 7.84. The first-order chi connectivity index (χ1) is 14.0. The van der Waals surface area contributed by atoms with Gasteiger partial charge < -0.3 is 9.64 Å². The van der Waals surface area contributed by atoms with E-state index in [1.165, 1.54) is 11.1 Å². The number of anilines is 1. The van der Waals surface area contributed by atoms with Gasteiger partial charge >= 0.3 is 0 Å². The van der Waals surface area contributed by atoms with Crippen LogP contribution < -0.4 is 9.64 Å². The van der Waals surface area contributed by atoms with E-state index < -0.39 is 0 Å². The highest BCUT2D eigenvalue weighted by Gasteiger charge is 2.39. The zero-order valence-electron chi connectivity index (χ0n) is 16.8. The van der Waals surface area contributed by atoms with Crippen molar-refractivity contribution >= 4 is 23.4 Å². The van der Waals surface area contributed by atoms with Crippen LogP contribution in [-0.4, -0.2) is 30.5 Å². The molecule has 2 aliphatic heterocycles. The molecule has 2 aliphatic rings. The van der Waals surface area contributed by atoms with E-state index >= 15 is 0 Å². The lowest BCUT2D eigenvalue weighted by molar-refractivity contribution is -0.129. The molecule has 2 aromatic carbocycles. The molecule has 0 aliphatic carbocycles. The summed E-state index contributed by atoms with van der Waals surface area (Å²) in [5.41, 5.74) is 5.12. The Morgan fingerprint density at radius 1 is 1.17 bits per heavy atom. The summed E-state index contributed by atoms with van der Waals surface area (Å²) in [6.45, 7) is 4.66. The monoisotopic (exact) mass is 405 g/mol. The van der Waals surface area contributed by atoms with Crippen LogP contribution in [0.5, 0.6) is 5.75 Å². The topological polar surface area (TPSA) is 56.6 Å². The van der Waals surface area contributed by atoms with E-state index in [4.69, 9.17) is 4.74 Å². The lowest BCUT2D eigenvalue weighted by Gasteiger charge is -2.42. The van der Waals surface area contributed by atoms with Crippen molar-refractivity contribution in [1.29, 1.82) is 5.26 Å². The maximum absolute atomic E-state index is 13.1. The fourth-order valence-corrected chi connectivity index (χ4v) is 5.04. The molecule has 0 bridgehead atoms. The third-order valence-corrected chi connectivity index (χ3v) is 6.82. The number of hydrogen-bond donors (Lipinski definition) is 0. The van der Waals surface area contributed by atoms with Gasteiger partial charge in [-0.3, -0.25) is 9.69 Å². The number of ether oxygens (including phenoxy) is 1. The van der Waals surface area contributed by atoms with Crippen LogP contribution in [0, 0.1) is 25.2 Å². The van der Waals surface area contributed by atoms with E-state index in [1.807, 2.05) is 24.3 Å². The van der Waals surface area contributed by atoms with Crippen molar-refractivity contribution in [2.45, 2.75) is 26.2 Å². The Balaban J connectivity index is 1.68. The van der Waals surface area contributed by atoms with Gasteiger partial charge in [-0.25, -0.2) is 0 Å². The Hall–Kier alpha value is -2.91. The average molecular weight is 406 g/mol. The number of thioether (sulfide) groups is 1. The molecule has 5 nitrogen and oxygen atoms in total. The first kappa shape index (κ1) is 19.4. The number of carbonyl (C=O) groups is 1. The molecule has 0 N–H and O–H groups in total. The Labute approximate surface area is 175 Å². The fourth-order valence-electron chi connectivity index (χ4n) is 3.87. The Kier molecular flexibility index (Phi) is 5.25. The van der Waals surface area contributed by atoms with Crippen LogP contribution in [-0.2, 0) is 4.79 Å². The predicted octanol–water partition coefficient (Wildman–Crippen LogP) is 4.53. The van der Waals surface area contributed by atoms with Gasteiger partial charge in [-0.1, -0.05) is 36.0 Å². The molecule has 4 rings (SSSR count). The maximum atomic E-state index is 13.1. The summed E-state index contributed by atoms with van der Waals surface area (Å²) in [5, 5.41) is 10.7. The van der Waals surface area contributed by atoms with Crippen LogP contribution in [0.4, 0.5) is 5.69 Å². The van der Waals surface area contributed by atoms with Crippen molar-refractivity contribution in [3.63, 3.8) is 0 Å². The average Bonchev–Trinajstić information content (AvgIpc) is 2.75. The summed E-state index contributed by atoms with van der Waals surface area (Å²) < 4.78 is 5.49. The van der Waals surface area contributed by atoms with Gasteiger partial charge in [0.05, 0.1) is 36.3 Å². The normalized spacial score (nSPS) is 19.1. The lowest BCUT2D eigenvalue weighted by atomic mass is 9.86. The number of amides is 1. The number of para-hydroxylation sites is 1. The zero-order chi connectivity index (χ0) is 20.5. The van der Waals surface area contributed by atoms with Gasteiger partial charge in [0.15, 0.2) is 0 Å². The number of nitrogens with zero attached hydrogens (tertiary/aromatic N) is 3. The Morgan fingerprint density at radius 3 is 2.69 bits per heavy atom. The van der Waals surface area contributed by atoms with Gasteiger partial charge in [0.2, 0.25) is 5.91 Å². The third kappa shape index (κ3) is 3.47. The molecule has 0 radical (unpaired) electrons. The fraction of sp³-hybridized carbons (Fsp3) is 0.304. The minimum atomic E-state index is -0.268. The SMILES string of the molecule is COc1ccccc1[C@@H]1CC(=O)N2CN(c3ccc(C)c(C)c3)CSC2=C1C#N. The Bertz CT molecular complexity index is 1040. The number of methoxy groups -OCH3 is 1. The molecule has 1 saturated heterocycles. The number of nitriles is 1. The second-order valence-corrected chi connectivity index (χ2v) is 8.31. The third-order valence-electron chi connectivity index (χ3n) is 5.66. The second-order valence-electron chi connectivity index (χ2n) is 7.37. The largest absolute Gasteiger partial charge is 0.496 e. The molecule has 2 heterocycles. The summed E-state index contributed by atoms with van der Waals surface area (Å²) in [4.78, 5) is 17.0. The summed E-state index contributed by atoms with van der Waals surface area (Å²) in [5.74, 6) is 1.18. The van der Waals surface area contributed by atoms with Crippen LogP contribution >= 0.6 is 11.8 Å². The molecule has 29 heavy (non-hydrogen) atoms. The summed E-state index contributed by atoms with van der Waals surface area (Å²) in [6, 6.07) is 16.4. The molecule has 2 aromatic rings. The molecule has 1 amide bonds. The number of benzene rings is 2. The summed E-state index contributed by atoms with van der Waals surface area (Å²) in [6.07, 6.45) is 0.272. The van der Waals surface area contributed by atoms with Crippen molar-refractivity contribution in [3.8, 4) is 11.8 Å². The number of fused-ring (bicyclic) bond motifs is 1. The van der Waals surface area contributed by atoms with E-state index in [9.17, 15) is 10.1 Å². The van der Waals surface area contributed by atoms with E-state index in [2.05, 4.69) is 43.0 Å². The molecule has 0 unspecified atom stereocenters. The first-order valence-corrected chi connectivity index (χ1v) is 10.5. The predicted molar refractivity (Wildman–Crippen MR) is 116 cm³/mol. The van der Waals surface area contributed by atoms with Gasteiger partial charge in [0.1, 0.15) is 5.75 Å². The van der Waals surface area contributed by atoms with Crippen molar-refractivity contribution < 1.29 is 9.53 Å². The number of hydrogen-bond acceptors (Lipinski definition) is 5. The molecule has 6 heteroatoms. The molecule has 1 fully saturated rings. The van der Waals surface area contributed by atoms with Crippen molar-refractivity contribution in [1.82, 2.24) is 4.90 Å². The van der Waals surface area contributed by atoms with Crippen LogP contribution in [0.1, 0.15) is 29.0 Å². The quantitative estimate of drug-likeness (QED) is 0.751. The van der Waals surface area contributed by atoms with Crippen LogP contribution in [0.25, 0.3) is 0 Å². The van der Waals surface area contributed by atoms with Crippen LogP contribution in [0.2, 0.25) is 0 Å². The van der Waals surface area contributed by atoms with Gasteiger partial charge in [-0.2, -0.15) is 5.26 Å². The van der Waals surface area contributed by atoms with Crippen LogP contribution in [0.15, 0.2) is 53.1 Å². The molecule has 0 spiro atoms. The summed E-state index contributed by atoms with van der Waals surface area (Å²) in [7, 11) is 1.62. The van der Waals surface area contributed by atoms with Gasteiger partial charge in [0, 0.05) is 23.6 Å². The Morgan fingerprint density at radius 2 is 1.97 bits per heavy atom. The lowest BCUT2D eigenvalue weighted by Crippen LogP contribution is -2.47. The zero-order valence-corrected chi connectivity index (χ0v) is 17.6. The van der Waals surface area contributed by atoms with E-state index in [-0.39, 0.29) is 18.2 Å². The molecular weight excluding hydrogens is 382 g/mol. The molecule has 0 aromatic heterocycles. The molecule has 148 valence electrons. The molecule has 0 saturated carbocycles. The van der Waals surface area contributed by atoms with Gasteiger partial charge in [-0.05, 0) is 43.2 Å². The molecule has 1 atom stereocenters. The minimum Gasteiger partial charge on any atom is -0.496 e. The highest BCUT2D eigenvalue weighted by molar-refractivity contribution is 8.03. The number of carbonyl (C=O) groups excluding carboxylic acids is 1. The van der Waals surface area contributed by atoms with Crippen molar-refractivity contribution in [2.75, 3.05) is 24.6 Å².